The van der Waals surface area contributed by atoms with Crippen molar-refractivity contribution in [3.63, 3.8) is 0 Å². The monoisotopic (exact) mass is 376 g/mol. The summed E-state index contributed by atoms with van der Waals surface area (Å²) in [6.07, 6.45) is 22.7. The van der Waals surface area contributed by atoms with Gasteiger partial charge in [0.25, 0.3) is 6.69 Å². The molecule has 0 aromatic rings. The van der Waals surface area contributed by atoms with Crippen LogP contribution in [0.25, 0.3) is 0 Å². The van der Waals surface area contributed by atoms with Crippen LogP contribution in [0.2, 0.25) is 0 Å². The summed E-state index contributed by atoms with van der Waals surface area (Å²) in [5.41, 5.74) is 4.14. The SMILES string of the molecule is CCCCCCCC/C=C/[Si](Cl)(Cl)/C=C/CCCCCCCC. The first-order valence-electron chi connectivity index (χ1n) is 9.85. The van der Waals surface area contributed by atoms with Crippen LogP contribution in [0.3, 0.4) is 0 Å². The van der Waals surface area contributed by atoms with E-state index in [2.05, 4.69) is 37.4 Å². The van der Waals surface area contributed by atoms with Crippen molar-refractivity contribution in [3.05, 3.63) is 23.6 Å². The predicted molar refractivity (Wildman–Crippen MR) is 112 cm³/mol. The maximum absolute atomic E-state index is 6.43. The van der Waals surface area contributed by atoms with E-state index in [0.717, 1.165) is 12.8 Å². The normalized spacial score (nSPS) is 12.7. The maximum atomic E-state index is 6.43. The molecule has 0 aromatic heterocycles. The number of hydrogen-bond acceptors (Lipinski definition) is 0. The second-order valence-electron chi connectivity index (χ2n) is 6.59. The molecule has 0 aliphatic heterocycles. The molecule has 136 valence electrons. The summed E-state index contributed by atoms with van der Waals surface area (Å²) in [5, 5.41) is 0. The molecule has 0 rings (SSSR count). The molecule has 0 aliphatic carbocycles. The number of rotatable bonds is 16. The Morgan fingerprint density at radius 2 is 0.913 bits per heavy atom. The minimum absolute atomic E-state index is 1.12. The summed E-state index contributed by atoms with van der Waals surface area (Å²) < 4.78 is 0. The largest absolute Gasteiger partial charge is 0.295 e. The van der Waals surface area contributed by atoms with Crippen LogP contribution in [0.15, 0.2) is 23.6 Å². The fourth-order valence-corrected chi connectivity index (χ4v) is 4.76. The van der Waals surface area contributed by atoms with E-state index < -0.39 is 6.69 Å². The molecule has 0 unspecified atom stereocenters. The van der Waals surface area contributed by atoms with Crippen LogP contribution >= 0.6 is 22.2 Å². The van der Waals surface area contributed by atoms with Gasteiger partial charge in [-0.25, -0.2) is 0 Å². The lowest BCUT2D eigenvalue weighted by atomic mass is 10.1. The zero-order valence-corrected chi connectivity index (χ0v) is 18.0. The highest BCUT2D eigenvalue weighted by Crippen LogP contribution is 2.20. The molecule has 0 radical (unpaired) electrons. The van der Waals surface area contributed by atoms with Gasteiger partial charge in [-0.05, 0) is 25.7 Å². The Balaban J connectivity index is 3.61. The first-order chi connectivity index (χ1) is 11.1. The summed E-state index contributed by atoms with van der Waals surface area (Å²) in [7, 11) is 0. The van der Waals surface area contributed by atoms with E-state index in [0.29, 0.717) is 0 Å². The maximum Gasteiger partial charge on any atom is 0.295 e. The zero-order valence-electron chi connectivity index (χ0n) is 15.5. The van der Waals surface area contributed by atoms with Gasteiger partial charge in [0.15, 0.2) is 0 Å². The zero-order chi connectivity index (χ0) is 17.2. The highest BCUT2D eigenvalue weighted by molar-refractivity contribution is 7.49. The molecular weight excluding hydrogens is 339 g/mol. The van der Waals surface area contributed by atoms with Crippen molar-refractivity contribution in [2.45, 2.75) is 104 Å². The topological polar surface area (TPSA) is 0 Å². The third kappa shape index (κ3) is 18.5. The highest BCUT2D eigenvalue weighted by Gasteiger charge is 2.19. The van der Waals surface area contributed by atoms with Crippen molar-refractivity contribution >= 4 is 28.9 Å². The standard InChI is InChI=1S/C20H38Cl2Si/c1-3-5-7-9-11-13-15-17-19-23(21,22)20-18-16-14-12-10-8-6-4-2/h17-20H,3-16H2,1-2H3/b19-17+,20-18+. The van der Waals surface area contributed by atoms with Gasteiger partial charge in [0.1, 0.15) is 0 Å². The lowest BCUT2D eigenvalue weighted by molar-refractivity contribution is 0.611. The second kappa shape index (κ2) is 17.1. The quantitative estimate of drug-likeness (QED) is 0.143. The number of allylic oxidation sites excluding steroid dienone is 2. The van der Waals surface area contributed by atoms with E-state index in [1.54, 1.807) is 0 Å². The van der Waals surface area contributed by atoms with Crippen LogP contribution in [0.5, 0.6) is 0 Å². The third-order valence-corrected chi connectivity index (χ3v) is 7.00. The molecule has 0 saturated heterocycles. The minimum atomic E-state index is -2.28. The Morgan fingerprint density at radius 1 is 0.565 bits per heavy atom. The van der Waals surface area contributed by atoms with Crippen LogP contribution in [0.4, 0.5) is 0 Å². The number of halogens is 2. The molecule has 0 atom stereocenters. The first kappa shape index (κ1) is 23.3. The van der Waals surface area contributed by atoms with Crippen molar-refractivity contribution in [2.24, 2.45) is 0 Å². The van der Waals surface area contributed by atoms with Gasteiger partial charge >= 0.3 is 0 Å². The van der Waals surface area contributed by atoms with Gasteiger partial charge in [0.2, 0.25) is 0 Å². The Bertz CT molecular complexity index is 270. The Labute approximate surface area is 156 Å². The van der Waals surface area contributed by atoms with Gasteiger partial charge in [0.05, 0.1) is 0 Å². The van der Waals surface area contributed by atoms with E-state index in [4.69, 9.17) is 22.2 Å². The van der Waals surface area contributed by atoms with Crippen molar-refractivity contribution in [3.8, 4) is 0 Å². The fraction of sp³-hybridized carbons (Fsp3) is 0.800. The van der Waals surface area contributed by atoms with Crippen molar-refractivity contribution < 1.29 is 0 Å². The summed E-state index contributed by atoms with van der Waals surface area (Å²) in [6, 6.07) is 0. The summed E-state index contributed by atoms with van der Waals surface area (Å²) in [6.45, 7) is 2.23. The Morgan fingerprint density at radius 3 is 1.30 bits per heavy atom. The van der Waals surface area contributed by atoms with E-state index in [9.17, 15) is 0 Å². The van der Waals surface area contributed by atoms with Crippen molar-refractivity contribution in [2.75, 3.05) is 0 Å². The van der Waals surface area contributed by atoms with Gasteiger partial charge in [-0.3, -0.25) is 0 Å². The van der Waals surface area contributed by atoms with Gasteiger partial charge in [-0.2, -0.15) is 0 Å². The summed E-state index contributed by atoms with van der Waals surface area (Å²) in [4.78, 5) is 0. The van der Waals surface area contributed by atoms with Crippen molar-refractivity contribution in [1.29, 1.82) is 0 Å². The summed E-state index contributed by atoms with van der Waals surface area (Å²) in [5.74, 6) is 0. The molecule has 0 fully saturated rings. The molecule has 0 aromatic carbocycles. The third-order valence-electron chi connectivity index (χ3n) is 4.13. The minimum Gasteiger partial charge on any atom is -0.135 e. The van der Waals surface area contributed by atoms with E-state index in [1.807, 2.05) is 0 Å². The Hall–Kier alpha value is 0.277. The van der Waals surface area contributed by atoms with E-state index in [1.165, 1.54) is 77.0 Å². The van der Waals surface area contributed by atoms with Crippen LogP contribution in [-0.2, 0) is 0 Å². The lowest BCUT2D eigenvalue weighted by Crippen LogP contribution is -2.11. The van der Waals surface area contributed by atoms with Crippen LogP contribution in [0, 0.1) is 0 Å². The number of unbranched alkanes of at least 4 members (excludes halogenated alkanes) is 12. The first-order valence-corrected chi connectivity index (χ1v) is 14.0. The molecule has 23 heavy (non-hydrogen) atoms. The van der Waals surface area contributed by atoms with E-state index in [-0.39, 0.29) is 0 Å². The van der Waals surface area contributed by atoms with Crippen LogP contribution in [0.1, 0.15) is 104 Å². The Kier molecular flexibility index (Phi) is 17.3. The summed E-state index contributed by atoms with van der Waals surface area (Å²) >= 11 is 12.9. The molecule has 3 heteroatoms. The average Bonchev–Trinajstić information content (AvgIpc) is 2.52. The molecule has 0 aliphatic rings. The fourth-order valence-electron chi connectivity index (χ4n) is 2.62. The smallest absolute Gasteiger partial charge is 0.135 e. The molecule has 0 amide bonds. The molecule has 0 N–H and O–H groups in total. The second-order valence-corrected chi connectivity index (χ2v) is 12.9. The predicted octanol–water partition coefficient (Wildman–Crippen LogP) is 8.60. The molecule has 0 spiro atoms. The van der Waals surface area contributed by atoms with Gasteiger partial charge in [-0.1, -0.05) is 102 Å². The van der Waals surface area contributed by atoms with Gasteiger partial charge < -0.3 is 0 Å². The van der Waals surface area contributed by atoms with Crippen LogP contribution < -0.4 is 0 Å². The van der Waals surface area contributed by atoms with Gasteiger partial charge in [-0.15, -0.1) is 22.2 Å². The lowest BCUT2D eigenvalue weighted by Gasteiger charge is -2.05. The average molecular weight is 378 g/mol. The van der Waals surface area contributed by atoms with E-state index >= 15 is 0 Å². The van der Waals surface area contributed by atoms with Crippen LogP contribution in [-0.4, -0.2) is 6.69 Å². The molecule has 0 saturated carbocycles. The van der Waals surface area contributed by atoms with Crippen molar-refractivity contribution in [1.82, 2.24) is 0 Å². The molecule has 0 bridgehead atoms. The molecular formula is C20H38Cl2Si. The molecule has 0 nitrogen and oxygen atoms in total. The number of hydrogen-bond donors (Lipinski definition) is 0. The van der Waals surface area contributed by atoms with Gasteiger partial charge in [0, 0.05) is 0 Å². The molecule has 0 heterocycles. The highest BCUT2D eigenvalue weighted by atomic mass is 35.7.